The lowest BCUT2D eigenvalue weighted by molar-refractivity contribution is -0.426. The molecule has 0 aromatic heterocycles. The lowest BCUT2D eigenvalue weighted by Gasteiger charge is -2.55. The van der Waals surface area contributed by atoms with E-state index in [1.807, 2.05) is 0 Å². The minimum absolute atomic E-state index is 0.294. The Morgan fingerprint density at radius 3 is 1.85 bits per heavy atom. The fourth-order valence-corrected chi connectivity index (χ4v) is 5.42. The minimum atomic E-state index is -3.37. The Balaban J connectivity index is 1.85. The summed E-state index contributed by atoms with van der Waals surface area (Å²) in [7, 11) is 0. The molecule has 0 bridgehead atoms. The van der Waals surface area contributed by atoms with E-state index >= 15 is 0 Å². The molecule has 3 unspecified atom stereocenters. The summed E-state index contributed by atoms with van der Waals surface area (Å²) in [4.78, 5) is 11.9. The van der Waals surface area contributed by atoms with E-state index in [0.717, 1.165) is 0 Å². The van der Waals surface area contributed by atoms with Gasteiger partial charge in [-0.2, -0.15) is 0 Å². The summed E-state index contributed by atoms with van der Waals surface area (Å²) in [6.07, 6.45) is -16.9. The van der Waals surface area contributed by atoms with Crippen LogP contribution < -0.4 is 17.2 Å². The maximum atomic E-state index is 11.9. The van der Waals surface area contributed by atoms with Crippen LogP contribution in [0.4, 0.5) is 0 Å². The van der Waals surface area contributed by atoms with Gasteiger partial charge in [-0.05, 0) is 6.42 Å². The average Bonchev–Trinajstić information content (AvgIpc) is 2.93. The van der Waals surface area contributed by atoms with Crippen LogP contribution >= 0.6 is 0 Å². The maximum Gasteiger partial charge on any atom is 0.309 e. The van der Waals surface area contributed by atoms with Gasteiger partial charge < -0.3 is 92.0 Å². The molecule has 0 amide bonds. The molecule has 0 saturated carbocycles. The second-order valence-corrected chi connectivity index (χ2v) is 10.4. The molecule has 3 fully saturated rings. The smallest absolute Gasteiger partial charge is 0.309 e. The van der Waals surface area contributed by atoms with Gasteiger partial charge in [0.05, 0.1) is 43.9 Å². The van der Waals surface area contributed by atoms with Crippen LogP contribution in [-0.2, 0) is 28.5 Å². The number of nitrogens with two attached hydrogens (primary N) is 3. The van der Waals surface area contributed by atoms with Gasteiger partial charge in [-0.1, -0.05) is 6.92 Å². The lowest BCUT2D eigenvalue weighted by atomic mass is 9.73. The Labute approximate surface area is 233 Å². The lowest BCUT2D eigenvalue weighted by Crippen LogP contribution is -2.79. The van der Waals surface area contributed by atoms with Gasteiger partial charge in [-0.3, -0.25) is 4.79 Å². The quantitative estimate of drug-likeness (QED) is 0.103. The van der Waals surface area contributed by atoms with E-state index in [1.165, 1.54) is 6.92 Å². The summed E-state index contributed by atoms with van der Waals surface area (Å²) >= 11 is 0. The Hall–Kier alpha value is -1.21. The first-order valence-electron chi connectivity index (χ1n) is 12.9. The third-order valence-corrected chi connectivity index (χ3v) is 7.95. The van der Waals surface area contributed by atoms with Crippen LogP contribution in [0.2, 0.25) is 0 Å². The number of hydrogen-bond acceptors (Lipinski definition) is 18. The molecule has 0 spiro atoms. The predicted octanol–water partition coefficient (Wildman–Crippen LogP) is -7.87. The largest absolute Gasteiger partial charge is 0.481 e. The van der Waals surface area contributed by atoms with Gasteiger partial charge in [0, 0.05) is 0 Å². The van der Waals surface area contributed by atoms with Crippen LogP contribution in [0.3, 0.4) is 0 Å². The van der Waals surface area contributed by atoms with Gasteiger partial charge in [0.1, 0.15) is 42.7 Å². The van der Waals surface area contributed by atoms with E-state index in [4.69, 9.17) is 40.9 Å². The van der Waals surface area contributed by atoms with E-state index in [1.54, 1.807) is 0 Å². The van der Waals surface area contributed by atoms with Crippen molar-refractivity contribution in [1.29, 1.82) is 0 Å². The molecule has 3 saturated heterocycles. The zero-order valence-corrected chi connectivity index (χ0v) is 22.1. The van der Waals surface area contributed by atoms with Crippen molar-refractivity contribution in [3.63, 3.8) is 0 Å². The molecule has 3 rings (SSSR count). The topological polar surface area (TPSA) is 344 Å². The van der Waals surface area contributed by atoms with E-state index in [-0.39, 0.29) is 6.42 Å². The highest BCUT2D eigenvalue weighted by atomic mass is 16.8. The molecular weight excluding hydrogens is 562 g/mol. The van der Waals surface area contributed by atoms with Gasteiger partial charge in [0.25, 0.3) is 0 Å². The first-order chi connectivity index (χ1) is 19.1. The number of carboxylic acid groups (broad SMARTS) is 1. The van der Waals surface area contributed by atoms with E-state index in [0.29, 0.717) is 0 Å². The first-order valence-corrected chi connectivity index (χ1v) is 12.9. The molecule has 3 aliphatic heterocycles. The Morgan fingerprint density at radius 1 is 0.854 bits per heavy atom. The molecule has 0 aromatic rings. The van der Waals surface area contributed by atoms with E-state index in [9.17, 15) is 55.9 Å². The molecule has 19 nitrogen and oxygen atoms in total. The SMILES string of the molecule is CCC(C(=O)O)[C@]1(CO)O[C@H](OC2[C@@H](CO)O[C@@H](OC3[C@@H](CO)O[C@@H](O)[C@H](N)[C@H]3O)[C@H](N)[C@H]2O)[C@H](N)[C@@H](O)C1(O)O. The third-order valence-electron chi connectivity index (χ3n) is 7.95. The molecule has 0 aliphatic carbocycles. The fraction of sp³-hybridized carbons (Fsp3) is 0.955. The first kappa shape index (κ1) is 34.3. The third kappa shape index (κ3) is 5.97. The van der Waals surface area contributed by atoms with Crippen molar-refractivity contribution in [2.24, 2.45) is 23.1 Å². The van der Waals surface area contributed by atoms with E-state index in [2.05, 4.69) is 0 Å². The number of aliphatic hydroxyl groups is 9. The van der Waals surface area contributed by atoms with Crippen molar-refractivity contribution >= 4 is 5.97 Å². The summed E-state index contributed by atoms with van der Waals surface area (Å²) in [5, 5.41) is 103. The highest BCUT2D eigenvalue weighted by Gasteiger charge is 2.68. The van der Waals surface area contributed by atoms with Crippen molar-refractivity contribution < 1.29 is 79.5 Å². The van der Waals surface area contributed by atoms with Gasteiger partial charge in [-0.25, -0.2) is 0 Å². The zero-order valence-electron chi connectivity index (χ0n) is 22.1. The maximum absolute atomic E-state index is 11.9. The molecule has 19 heteroatoms. The van der Waals surface area contributed by atoms with Gasteiger partial charge in [0.15, 0.2) is 24.5 Å². The molecule has 0 radical (unpaired) electrons. The van der Waals surface area contributed by atoms with Crippen LogP contribution in [-0.4, -0.2) is 168 Å². The van der Waals surface area contributed by atoms with Gasteiger partial charge >= 0.3 is 5.97 Å². The summed E-state index contributed by atoms with van der Waals surface area (Å²) < 4.78 is 27.6. The molecule has 15 atom stereocenters. The minimum Gasteiger partial charge on any atom is -0.481 e. The van der Waals surface area contributed by atoms with Crippen LogP contribution in [0.1, 0.15) is 13.3 Å². The number of carboxylic acids is 1. The highest BCUT2D eigenvalue weighted by Crippen LogP contribution is 2.43. The number of hydrogen-bond donors (Lipinski definition) is 13. The number of carbonyl (C=O) groups is 1. The Bertz CT molecular complexity index is 884. The Morgan fingerprint density at radius 2 is 1.37 bits per heavy atom. The summed E-state index contributed by atoms with van der Waals surface area (Å²) in [5.41, 5.74) is 14.9. The molecule has 3 aliphatic rings. The summed E-state index contributed by atoms with van der Waals surface area (Å²) in [6.45, 7) is -1.53. The second-order valence-electron chi connectivity index (χ2n) is 10.4. The average molecular weight is 604 g/mol. The number of aliphatic hydroxyl groups excluding tert-OH is 7. The monoisotopic (exact) mass is 603 g/mol. The summed E-state index contributed by atoms with van der Waals surface area (Å²) in [5.74, 6) is -6.76. The van der Waals surface area contributed by atoms with Crippen molar-refractivity contribution in [1.82, 2.24) is 0 Å². The molecule has 240 valence electrons. The molecule has 16 N–H and O–H groups in total. The molecule has 3 heterocycles. The van der Waals surface area contributed by atoms with Crippen LogP contribution in [0, 0.1) is 5.92 Å². The fourth-order valence-electron chi connectivity index (χ4n) is 5.42. The van der Waals surface area contributed by atoms with Crippen LogP contribution in [0.25, 0.3) is 0 Å². The van der Waals surface area contributed by atoms with Crippen LogP contribution in [0.5, 0.6) is 0 Å². The normalized spacial score (nSPS) is 47.6. The Kier molecular flexibility index (Phi) is 11.0. The zero-order chi connectivity index (χ0) is 31.0. The van der Waals surface area contributed by atoms with Crippen molar-refractivity contribution in [2.75, 3.05) is 19.8 Å². The van der Waals surface area contributed by atoms with E-state index < -0.39 is 123 Å². The molecular formula is C22H41N3O16. The van der Waals surface area contributed by atoms with Crippen LogP contribution in [0.15, 0.2) is 0 Å². The van der Waals surface area contributed by atoms with Crippen molar-refractivity contribution in [2.45, 2.75) is 104 Å². The highest BCUT2D eigenvalue weighted by molar-refractivity contribution is 5.72. The number of rotatable bonds is 10. The number of ether oxygens (including phenoxy) is 5. The van der Waals surface area contributed by atoms with Gasteiger partial charge in [-0.15, -0.1) is 0 Å². The molecule has 0 aromatic carbocycles. The van der Waals surface area contributed by atoms with Gasteiger partial charge in [0.2, 0.25) is 5.79 Å². The van der Waals surface area contributed by atoms with Crippen molar-refractivity contribution in [3.8, 4) is 0 Å². The standard InChI is InChI=1S/C22H41N3O16/c1-2-6(17(32)33)21(5-28)22(35,36)16(31)11(25)20(41-21)40-15-8(4-27)38-19(10(24)13(15)30)39-14-7(3-26)37-18(34)9(23)12(14)29/h6-16,18-20,26-31,34-36H,2-5,23-25H2,1H3,(H,32,33)/t6?,7-,8-,9-,10-,11-,12-,13-,14?,15?,16-,18-,19+,20+,21+/m1/s1. The predicted molar refractivity (Wildman–Crippen MR) is 129 cm³/mol. The molecule has 41 heavy (non-hydrogen) atoms. The number of aliphatic carboxylic acids is 1. The second kappa shape index (κ2) is 13.2. The van der Waals surface area contributed by atoms with Crippen molar-refractivity contribution in [3.05, 3.63) is 0 Å². The summed E-state index contributed by atoms with van der Waals surface area (Å²) in [6, 6.07) is -4.63.